The van der Waals surface area contributed by atoms with Gasteiger partial charge in [-0.05, 0) is 32.6 Å². The molecule has 0 heterocycles. The molecule has 0 aliphatic heterocycles. The molecule has 1 saturated carbocycles. The maximum absolute atomic E-state index is 12.4. The van der Waals surface area contributed by atoms with E-state index in [2.05, 4.69) is 6.58 Å². The zero-order valence-corrected chi connectivity index (χ0v) is 11.7. The number of ketones is 2. The van der Waals surface area contributed by atoms with Gasteiger partial charge in [0.2, 0.25) is 0 Å². The number of allylic oxidation sites excluding steroid dienone is 1. The zero-order valence-electron chi connectivity index (χ0n) is 11.7. The van der Waals surface area contributed by atoms with E-state index in [-0.39, 0.29) is 17.5 Å². The molecule has 1 aliphatic rings. The molecule has 0 N–H and O–H groups in total. The molecule has 0 saturated heterocycles. The highest BCUT2D eigenvalue weighted by atomic mass is 16.5. The molecule has 19 heavy (non-hydrogen) atoms. The van der Waals surface area contributed by atoms with Crippen LogP contribution in [-0.4, -0.2) is 23.6 Å². The van der Waals surface area contributed by atoms with Crippen molar-refractivity contribution in [2.45, 2.75) is 58.5 Å². The molecule has 106 valence electrons. The van der Waals surface area contributed by atoms with Crippen molar-refractivity contribution in [3.8, 4) is 0 Å². The minimum Gasteiger partial charge on any atom is -0.461 e. The molecule has 0 aromatic heterocycles. The fourth-order valence-corrected chi connectivity index (χ4v) is 2.83. The van der Waals surface area contributed by atoms with Gasteiger partial charge < -0.3 is 9.53 Å². The second kappa shape index (κ2) is 6.64. The van der Waals surface area contributed by atoms with Gasteiger partial charge in [0.15, 0.2) is 0 Å². The van der Waals surface area contributed by atoms with Gasteiger partial charge >= 0.3 is 5.97 Å². The lowest BCUT2D eigenvalue weighted by Crippen LogP contribution is -2.47. The summed E-state index contributed by atoms with van der Waals surface area (Å²) in [5, 5.41) is 0. The van der Waals surface area contributed by atoms with Gasteiger partial charge in [0.25, 0.3) is 0 Å². The molecule has 4 nitrogen and oxygen atoms in total. The second-order valence-corrected chi connectivity index (χ2v) is 5.26. The van der Waals surface area contributed by atoms with Crippen LogP contribution in [-0.2, 0) is 19.1 Å². The van der Waals surface area contributed by atoms with Crippen LogP contribution < -0.4 is 0 Å². The number of ether oxygens (including phenoxy) is 1. The van der Waals surface area contributed by atoms with E-state index in [4.69, 9.17) is 4.74 Å². The highest BCUT2D eigenvalue weighted by Gasteiger charge is 2.48. The summed E-state index contributed by atoms with van der Waals surface area (Å²) in [6, 6.07) is 0. The van der Waals surface area contributed by atoms with Gasteiger partial charge in [-0.2, -0.15) is 0 Å². The van der Waals surface area contributed by atoms with E-state index in [1.165, 1.54) is 13.8 Å². The fourth-order valence-electron chi connectivity index (χ4n) is 2.83. The third-order valence-electron chi connectivity index (χ3n) is 3.78. The van der Waals surface area contributed by atoms with E-state index in [0.29, 0.717) is 32.1 Å². The molecular weight excluding hydrogens is 244 g/mol. The van der Waals surface area contributed by atoms with Crippen molar-refractivity contribution < 1.29 is 19.1 Å². The van der Waals surface area contributed by atoms with Gasteiger partial charge in [-0.15, -0.1) is 6.58 Å². The van der Waals surface area contributed by atoms with E-state index >= 15 is 0 Å². The topological polar surface area (TPSA) is 60.4 Å². The Balaban J connectivity index is 3.01. The first-order valence-corrected chi connectivity index (χ1v) is 6.73. The molecule has 1 aliphatic carbocycles. The summed E-state index contributed by atoms with van der Waals surface area (Å²) in [7, 11) is 0. The van der Waals surface area contributed by atoms with Gasteiger partial charge in [0.05, 0.1) is 5.41 Å². The lowest BCUT2D eigenvalue weighted by Gasteiger charge is -2.41. The minimum absolute atomic E-state index is 0.0448. The average Bonchev–Trinajstić information content (AvgIpc) is 2.31. The molecule has 4 heteroatoms. The highest BCUT2D eigenvalue weighted by Crippen LogP contribution is 2.43. The first-order valence-electron chi connectivity index (χ1n) is 6.73. The molecule has 0 aromatic carbocycles. The van der Waals surface area contributed by atoms with Crippen LogP contribution >= 0.6 is 0 Å². The number of hydrogen-bond donors (Lipinski definition) is 0. The Morgan fingerprint density at radius 3 is 2.68 bits per heavy atom. The molecule has 1 fully saturated rings. The third-order valence-corrected chi connectivity index (χ3v) is 3.78. The third kappa shape index (κ3) is 3.75. The molecular formula is C15H22O4. The van der Waals surface area contributed by atoms with Gasteiger partial charge in [0, 0.05) is 19.8 Å². The van der Waals surface area contributed by atoms with Crippen LogP contribution in [0.15, 0.2) is 12.7 Å². The summed E-state index contributed by atoms with van der Waals surface area (Å²) >= 11 is 0. The van der Waals surface area contributed by atoms with E-state index in [9.17, 15) is 14.4 Å². The van der Waals surface area contributed by atoms with Crippen molar-refractivity contribution in [3.05, 3.63) is 12.7 Å². The summed E-state index contributed by atoms with van der Waals surface area (Å²) in [4.78, 5) is 34.8. The van der Waals surface area contributed by atoms with Crippen LogP contribution in [0, 0.1) is 5.41 Å². The lowest BCUT2D eigenvalue weighted by molar-refractivity contribution is -0.163. The van der Waals surface area contributed by atoms with Crippen molar-refractivity contribution >= 4 is 17.5 Å². The van der Waals surface area contributed by atoms with Crippen molar-refractivity contribution in [1.82, 2.24) is 0 Å². The standard InChI is InChI=1S/C15H22O4/c1-4-9-15(10-8-11(2)16)13(18)6-5-7-14(15)19-12(3)17/h4,14H,1,5-10H2,2-3H3/t14-,15-/m0/s1. The van der Waals surface area contributed by atoms with Crippen molar-refractivity contribution in [3.63, 3.8) is 0 Å². The smallest absolute Gasteiger partial charge is 0.302 e. The van der Waals surface area contributed by atoms with Gasteiger partial charge in [-0.25, -0.2) is 0 Å². The summed E-state index contributed by atoms with van der Waals surface area (Å²) in [5.74, 6) is -0.245. The van der Waals surface area contributed by atoms with Crippen LogP contribution in [0.2, 0.25) is 0 Å². The first-order chi connectivity index (χ1) is 8.92. The Hall–Kier alpha value is -1.45. The van der Waals surface area contributed by atoms with Gasteiger partial charge in [0.1, 0.15) is 17.7 Å². The van der Waals surface area contributed by atoms with Crippen molar-refractivity contribution in [2.24, 2.45) is 5.41 Å². The van der Waals surface area contributed by atoms with E-state index in [0.717, 1.165) is 6.42 Å². The van der Waals surface area contributed by atoms with Gasteiger partial charge in [-0.3, -0.25) is 9.59 Å². The number of carbonyl (C=O) groups excluding carboxylic acids is 3. The largest absolute Gasteiger partial charge is 0.461 e. The summed E-state index contributed by atoms with van der Waals surface area (Å²) in [6.07, 6.45) is 4.37. The highest BCUT2D eigenvalue weighted by molar-refractivity contribution is 5.87. The molecule has 0 unspecified atom stereocenters. The Kier molecular flexibility index (Phi) is 5.45. The van der Waals surface area contributed by atoms with Crippen LogP contribution in [0.25, 0.3) is 0 Å². The predicted molar refractivity (Wildman–Crippen MR) is 71.6 cm³/mol. The van der Waals surface area contributed by atoms with Crippen LogP contribution in [0.1, 0.15) is 52.4 Å². The van der Waals surface area contributed by atoms with E-state index < -0.39 is 11.5 Å². The Morgan fingerprint density at radius 1 is 1.47 bits per heavy atom. The lowest BCUT2D eigenvalue weighted by atomic mass is 9.65. The quantitative estimate of drug-likeness (QED) is 0.547. The number of carbonyl (C=O) groups is 3. The SMILES string of the molecule is C=CC[C@]1(CCC(C)=O)C(=O)CCC[C@@H]1OC(C)=O. The normalized spacial score (nSPS) is 26.8. The number of hydrogen-bond acceptors (Lipinski definition) is 4. The molecule has 0 aromatic rings. The monoisotopic (exact) mass is 266 g/mol. The maximum Gasteiger partial charge on any atom is 0.302 e. The van der Waals surface area contributed by atoms with Gasteiger partial charge in [-0.1, -0.05) is 6.08 Å². The fraction of sp³-hybridized carbons (Fsp3) is 0.667. The van der Waals surface area contributed by atoms with E-state index in [1.807, 2.05) is 0 Å². The molecule has 0 amide bonds. The second-order valence-electron chi connectivity index (χ2n) is 5.26. The molecule has 0 radical (unpaired) electrons. The molecule has 1 rings (SSSR count). The predicted octanol–water partition coefficient (Wildman–Crippen LogP) is 2.60. The zero-order chi connectivity index (χ0) is 14.5. The molecule has 2 atom stereocenters. The average molecular weight is 266 g/mol. The van der Waals surface area contributed by atoms with Crippen molar-refractivity contribution in [2.75, 3.05) is 0 Å². The maximum atomic E-state index is 12.4. The van der Waals surface area contributed by atoms with Crippen LogP contribution in [0.3, 0.4) is 0 Å². The summed E-state index contributed by atoms with van der Waals surface area (Å²) in [6.45, 7) is 6.56. The first kappa shape index (κ1) is 15.6. The number of Topliss-reactive ketones (excluding diaryl/α,β-unsaturated/α-hetero) is 2. The summed E-state index contributed by atoms with van der Waals surface area (Å²) < 4.78 is 5.34. The van der Waals surface area contributed by atoms with Crippen molar-refractivity contribution in [1.29, 1.82) is 0 Å². The number of esters is 1. The summed E-state index contributed by atoms with van der Waals surface area (Å²) in [5.41, 5.74) is -0.753. The van der Waals surface area contributed by atoms with Crippen LogP contribution in [0.4, 0.5) is 0 Å². The Labute approximate surface area is 114 Å². The Bertz CT molecular complexity index is 386. The Morgan fingerprint density at radius 2 is 2.16 bits per heavy atom. The molecule has 0 spiro atoms. The van der Waals surface area contributed by atoms with Crippen LogP contribution in [0.5, 0.6) is 0 Å². The minimum atomic E-state index is -0.753. The number of rotatable bonds is 6. The molecule has 0 bridgehead atoms. The van der Waals surface area contributed by atoms with E-state index in [1.54, 1.807) is 6.08 Å².